The van der Waals surface area contributed by atoms with Crippen molar-refractivity contribution < 1.29 is 9.32 Å². The summed E-state index contributed by atoms with van der Waals surface area (Å²) in [5, 5.41) is 6.05. The molecule has 1 atom stereocenters. The molecule has 23 heavy (non-hydrogen) atoms. The number of hydrogen-bond donors (Lipinski definition) is 0. The van der Waals surface area contributed by atoms with Crippen LogP contribution in [0.3, 0.4) is 0 Å². The summed E-state index contributed by atoms with van der Waals surface area (Å²) in [7, 11) is 0. The van der Waals surface area contributed by atoms with Gasteiger partial charge >= 0.3 is 0 Å². The second-order valence-electron chi connectivity index (χ2n) is 6.05. The SMILES string of the molecule is Cc1cc(C2CCCN2C(=O)c2cccc3ccccc23)on1. The lowest BCUT2D eigenvalue weighted by molar-refractivity contribution is 0.0716. The van der Waals surface area contributed by atoms with Gasteiger partial charge in [-0.25, -0.2) is 0 Å². The molecule has 2 heterocycles. The number of nitrogens with zero attached hydrogens (tertiary/aromatic N) is 2. The van der Waals surface area contributed by atoms with Gasteiger partial charge in [-0.15, -0.1) is 0 Å². The van der Waals surface area contributed by atoms with E-state index < -0.39 is 0 Å². The predicted molar refractivity (Wildman–Crippen MR) is 88.2 cm³/mol. The van der Waals surface area contributed by atoms with Crippen molar-refractivity contribution >= 4 is 16.7 Å². The molecule has 0 spiro atoms. The molecule has 0 radical (unpaired) electrons. The first-order chi connectivity index (χ1) is 11.2. The Kier molecular flexibility index (Phi) is 3.37. The average molecular weight is 306 g/mol. The third-order valence-electron chi connectivity index (χ3n) is 4.51. The summed E-state index contributed by atoms with van der Waals surface area (Å²) in [6.45, 7) is 2.66. The Morgan fingerprint density at radius 3 is 2.87 bits per heavy atom. The van der Waals surface area contributed by atoms with Crippen LogP contribution in [0.15, 0.2) is 53.1 Å². The van der Waals surface area contributed by atoms with Gasteiger partial charge in [-0.1, -0.05) is 41.6 Å². The molecule has 1 aromatic heterocycles. The standard InChI is InChI=1S/C19H18N2O2/c1-13-12-18(23-20-13)17-10-5-11-21(17)19(22)16-9-4-7-14-6-2-3-8-15(14)16/h2-4,6-9,12,17H,5,10-11H2,1H3. The number of fused-ring (bicyclic) bond motifs is 1. The molecule has 1 amide bonds. The fraction of sp³-hybridized carbons (Fsp3) is 0.263. The van der Waals surface area contributed by atoms with Crippen molar-refractivity contribution in [1.82, 2.24) is 10.1 Å². The number of aryl methyl sites for hydroxylation is 1. The smallest absolute Gasteiger partial charge is 0.255 e. The van der Waals surface area contributed by atoms with E-state index in [1.165, 1.54) is 0 Å². The minimum atomic E-state index is -0.0114. The Hall–Kier alpha value is -2.62. The molecule has 4 rings (SSSR count). The number of amides is 1. The van der Waals surface area contributed by atoms with E-state index in [-0.39, 0.29) is 11.9 Å². The fourth-order valence-electron chi connectivity index (χ4n) is 3.41. The quantitative estimate of drug-likeness (QED) is 0.715. The van der Waals surface area contributed by atoms with Crippen molar-refractivity contribution in [3.05, 3.63) is 65.5 Å². The number of rotatable bonds is 2. The van der Waals surface area contributed by atoms with E-state index in [2.05, 4.69) is 5.16 Å². The van der Waals surface area contributed by atoms with Crippen LogP contribution in [-0.4, -0.2) is 22.5 Å². The van der Waals surface area contributed by atoms with Crippen molar-refractivity contribution in [2.24, 2.45) is 0 Å². The molecule has 2 aromatic carbocycles. The largest absolute Gasteiger partial charge is 0.359 e. The number of hydrogen-bond acceptors (Lipinski definition) is 3. The van der Waals surface area contributed by atoms with Crippen LogP contribution in [0.25, 0.3) is 10.8 Å². The Labute approximate surface area is 134 Å². The molecule has 0 N–H and O–H groups in total. The van der Waals surface area contributed by atoms with Crippen molar-refractivity contribution in [1.29, 1.82) is 0 Å². The Morgan fingerprint density at radius 2 is 2.04 bits per heavy atom. The Bertz CT molecular complexity index is 863. The van der Waals surface area contributed by atoms with Gasteiger partial charge < -0.3 is 9.42 Å². The summed E-state index contributed by atoms with van der Waals surface area (Å²) in [4.78, 5) is 15.0. The maximum absolute atomic E-state index is 13.1. The minimum Gasteiger partial charge on any atom is -0.359 e. The molecule has 4 heteroatoms. The van der Waals surface area contributed by atoms with E-state index >= 15 is 0 Å². The molecule has 1 saturated heterocycles. The second-order valence-corrected chi connectivity index (χ2v) is 6.05. The van der Waals surface area contributed by atoms with Crippen LogP contribution < -0.4 is 0 Å². The van der Waals surface area contributed by atoms with Gasteiger partial charge in [0.1, 0.15) is 0 Å². The van der Waals surface area contributed by atoms with Gasteiger partial charge in [0.05, 0.1) is 11.7 Å². The lowest BCUT2D eigenvalue weighted by Crippen LogP contribution is -2.30. The van der Waals surface area contributed by atoms with Crippen molar-refractivity contribution in [3.63, 3.8) is 0 Å². The highest BCUT2D eigenvalue weighted by molar-refractivity contribution is 6.07. The zero-order valence-corrected chi connectivity index (χ0v) is 13.0. The molecular weight excluding hydrogens is 288 g/mol. The molecule has 0 bridgehead atoms. The number of aromatic nitrogens is 1. The van der Waals surface area contributed by atoms with Gasteiger partial charge in [-0.2, -0.15) is 0 Å². The van der Waals surface area contributed by atoms with E-state index in [9.17, 15) is 4.79 Å². The highest BCUT2D eigenvalue weighted by Crippen LogP contribution is 2.34. The van der Waals surface area contributed by atoms with Crippen LogP contribution in [0, 0.1) is 6.92 Å². The maximum atomic E-state index is 13.1. The normalized spacial score (nSPS) is 17.8. The molecule has 0 saturated carbocycles. The summed E-state index contributed by atoms with van der Waals surface area (Å²) < 4.78 is 5.41. The summed E-state index contributed by atoms with van der Waals surface area (Å²) >= 11 is 0. The first-order valence-corrected chi connectivity index (χ1v) is 7.96. The summed E-state index contributed by atoms with van der Waals surface area (Å²) in [6.07, 6.45) is 1.91. The summed E-state index contributed by atoms with van der Waals surface area (Å²) in [5.74, 6) is 0.854. The van der Waals surface area contributed by atoms with Crippen LogP contribution in [0.2, 0.25) is 0 Å². The van der Waals surface area contributed by atoms with Crippen molar-refractivity contribution in [2.45, 2.75) is 25.8 Å². The molecule has 1 aliphatic rings. The molecule has 1 unspecified atom stereocenters. The Morgan fingerprint density at radius 1 is 1.22 bits per heavy atom. The monoisotopic (exact) mass is 306 g/mol. The maximum Gasteiger partial charge on any atom is 0.255 e. The number of likely N-dealkylation sites (tertiary alicyclic amines) is 1. The number of benzene rings is 2. The van der Waals surface area contributed by atoms with Crippen LogP contribution in [0.4, 0.5) is 0 Å². The topological polar surface area (TPSA) is 46.3 Å². The Balaban J connectivity index is 1.72. The van der Waals surface area contributed by atoms with E-state index in [1.807, 2.05) is 60.4 Å². The summed E-state index contributed by atoms with van der Waals surface area (Å²) in [5.41, 5.74) is 1.61. The van der Waals surface area contributed by atoms with E-state index in [0.29, 0.717) is 0 Å². The van der Waals surface area contributed by atoms with Gasteiger partial charge in [-0.3, -0.25) is 4.79 Å². The van der Waals surface area contributed by atoms with Crippen LogP contribution in [0.1, 0.15) is 40.7 Å². The van der Waals surface area contributed by atoms with E-state index in [0.717, 1.165) is 47.2 Å². The van der Waals surface area contributed by atoms with Gasteiger partial charge in [0, 0.05) is 18.2 Å². The van der Waals surface area contributed by atoms with Crippen LogP contribution in [-0.2, 0) is 0 Å². The number of carbonyl (C=O) groups is 1. The van der Waals surface area contributed by atoms with Crippen LogP contribution >= 0.6 is 0 Å². The van der Waals surface area contributed by atoms with Gasteiger partial charge in [0.15, 0.2) is 5.76 Å². The van der Waals surface area contributed by atoms with Gasteiger partial charge in [0.2, 0.25) is 0 Å². The first-order valence-electron chi connectivity index (χ1n) is 7.96. The average Bonchev–Trinajstić information content (AvgIpc) is 3.22. The molecule has 4 nitrogen and oxygen atoms in total. The first kappa shape index (κ1) is 14.0. The van der Waals surface area contributed by atoms with Crippen molar-refractivity contribution in [3.8, 4) is 0 Å². The second kappa shape index (κ2) is 5.54. The van der Waals surface area contributed by atoms with Gasteiger partial charge in [0.25, 0.3) is 5.91 Å². The minimum absolute atomic E-state index is 0.0114. The third kappa shape index (κ3) is 2.40. The zero-order chi connectivity index (χ0) is 15.8. The summed E-state index contributed by atoms with van der Waals surface area (Å²) in [6, 6.07) is 15.8. The molecule has 1 aliphatic heterocycles. The van der Waals surface area contributed by atoms with Crippen LogP contribution in [0.5, 0.6) is 0 Å². The molecule has 3 aromatic rings. The number of carbonyl (C=O) groups excluding carboxylic acids is 1. The van der Waals surface area contributed by atoms with E-state index in [1.54, 1.807) is 0 Å². The predicted octanol–water partition coefficient (Wildman–Crippen LogP) is 4.11. The highest BCUT2D eigenvalue weighted by atomic mass is 16.5. The molecular formula is C19H18N2O2. The molecule has 1 fully saturated rings. The third-order valence-corrected chi connectivity index (χ3v) is 4.51. The highest BCUT2D eigenvalue weighted by Gasteiger charge is 2.33. The molecule has 0 aliphatic carbocycles. The fourth-order valence-corrected chi connectivity index (χ4v) is 3.41. The lowest BCUT2D eigenvalue weighted by Gasteiger charge is -2.23. The van der Waals surface area contributed by atoms with Gasteiger partial charge in [-0.05, 0) is 36.6 Å². The molecule has 116 valence electrons. The lowest BCUT2D eigenvalue weighted by atomic mass is 10.0. The van der Waals surface area contributed by atoms with Crippen molar-refractivity contribution in [2.75, 3.05) is 6.54 Å². The zero-order valence-electron chi connectivity index (χ0n) is 13.0. The van der Waals surface area contributed by atoms with E-state index in [4.69, 9.17) is 4.52 Å².